The van der Waals surface area contributed by atoms with E-state index in [0.717, 1.165) is 54.3 Å². The van der Waals surface area contributed by atoms with Crippen LogP contribution in [-0.2, 0) is 17.6 Å². The van der Waals surface area contributed by atoms with Gasteiger partial charge in [0.25, 0.3) is 11.8 Å². The van der Waals surface area contributed by atoms with Crippen LogP contribution in [-0.4, -0.2) is 22.8 Å². The molecule has 28 heavy (non-hydrogen) atoms. The quantitative estimate of drug-likeness (QED) is 0.716. The molecule has 2 aliphatic rings. The summed E-state index contributed by atoms with van der Waals surface area (Å²) < 4.78 is 15.2. The normalized spacial score (nSPS) is 18.2. The van der Waals surface area contributed by atoms with Gasteiger partial charge in [-0.1, -0.05) is 12.0 Å². The molecule has 0 spiro atoms. The highest BCUT2D eigenvalue weighted by atomic mass is 19.1. The van der Waals surface area contributed by atoms with E-state index in [-0.39, 0.29) is 17.5 Å². The summed E-state index contributed by atoms with van der Waals surface area (Å²) in [4.78, 5) is 27.0. The van der Waals surface area contributed by atoms with Crippen molar-refractivity contribution in [3.8, 4) is 11.8 Å². The molecule has 1 aromatic heterocycles. The third-order valence-electron chi connectivity index (χ3n) is 5.61. The first-order valence-corrected chi connectivity index (χ1v) is 9.58. The largest absolute Gasteiger partial charge is 0.366 e. The van der Waals surface area contributed by atoms with Crippen LogP contribution >= 0.6 is 0 Å². The molecule has 0 bridgehead atoms. The van der Waals surface area contributed by atoms with E-state index in [9.17, 15) is 9.59 Å². The van der Waals surface area contributed by atoms with E-state index >= 15 is 4.39 Å². The Morgan fingerprint density at radius 3 is 2.93 bits per heavy atom. The zero-order valence-corrected chi connectivity index (χ0v) is 15.7. The summed E-state index contributed by atoms with van der Waals surface area (Å²) in [6.45, 7) is 1.62. The number of fused-ring (bicyclic) bond motifs is 3. The molecule has 0 saturated heterocycles. The lowest BCUT2D eigenvalue weighted by atomic mass is 9.86. The van der Waals surface area contributed by atoms with Gasteiger partial charge < -0.3 is 16.0 Å². The first kappa shape index (κ1) is 18.3. The number of amides is 2. The number of halogens is 1. The van der Waals surface area contributed by atoms with Crippen LogP contribution in [0.1, 0.15) is 59.8 Å². The van der Waals surface area contributed by atoms with Crippen molar-refractivity contribution >= 4 is 28.3 Å². The molecule has 6 heteroatoms. The predicted octanol–water partition coefficient (Wildman–Crippen LogP) is 2.97. The standard InChI is InChI=1S/C22H22FN3O2/c1-2-5-18(27)25-13-7-3-6-12(10-13)19-16(23)11-15(22(24)28)21-20(19)14-8-4-9-17(14)26-21/h6,11,13,26H,3-4,7-10H2,1H3,(H2,24,28)(H,25,27). The van der Waals surface area contributed by atoms with Gasteiger partial charge in [0.15, 0.2) is 0 Å². The minimum Gasteiger partial charge on any atom is -0.366 e. The summed E-state index contributed by atoms with van der Waals surface area (Å²) in [7, 11) is 0. The van der Waals surface area contributed by atoms with Gasteiger partial charge in [-0.3, -0.25) is 9.59 Å². The minimum absolute atomic E-state index is 0.0920. The zero-order valence-electron chi connectivity index (χ0n) is 15.7. The van der Waals surface area contributed by atoms with Crippen LogP contribution in [0.5, 0.6) is 0 Å². The van der Waals surface area contributed by atoms with Gasteiger partial charge in [0.2, 0.25) is 0 Å². The van der Waals surface area contributed by atoms with Gasteiger partial charge in [-0.25, -0.2) is 4.39 Å². The van der Waals surface area contributed by atoms with Crippen LogP contribution in [0.25, 0.3) is 16.5 Å². The fourth-order valence-electron chi connectivity index (χ4n) is 4.47. The molecule has 144 valence electrons. The maximum Gasteiger partial charge on any atom is 0.296 e. The van der Waals surface area contributed by atoms with E-state index in [1.54, 1.807) is 6.92 Å². The molecule has 4 N–H and O–H groups in total. The third kappa shape index (κ3) is 3.07. The van der Waals surface area contributed by atoms with Crippen LogP contribution in [0.4, 0.5) is 4.39 Å². The highest BCUT2D eigenvalue weighted by molar-refractivity contribution is 6.09. The van der Waals surface area contributed by atoms with Gasteiger partial charge in [-0.2, -0.15) is 0 Å². The first-order valence-electron chi connectivity index (χ1n) is 9.58. The van der Waals surface area contributed by atoms with Crippen LogP contribution in [0.15, 0.2) is 12.1 Å². The number of rotatable bonds is 3. The topological polar surface area (TPSA) is 88.0 Å². The van der Waals surface area contributed by atoms with E-state index in [1.807, 2.05) is 6.08 Å². The number of aromatic nitrogens is 1. The number of nitrogens with one attached hydrogen (secondary N) is 2. The van der Waals surface area contributed by atoms with Gasteiger partial charge >= 0.3 is 0 Å². The van der Waals surface area contributed by atoms with Crippen molar-refractivity contribution in [1.29, 1.82) is 0 Å². The number of allylic oxidation sites excluding steroid dienone is 1. The van der Waals surface area contributed by atoms with Crippen molar-refractivity contribution < 1.29 is 14.0 Å². The monoisotopic (exact) mass is 379 g/mol. The molecule has 1 aromatic carbocycles. The fourth-order valence-corrected chi connectivity index (χ4v) is 4.47. The van der Waals surface area contributed by atoms with E-state index in [2.05, 4.69) is 22.1 Å². The number of hydrogen-bond acceptors (Lipinski definition) is 2. The Labute approximate surface area is 162 Å². The summed E-state index contributed by atoms with van der Waals surface area (Å²) in [6, 6.07) is 1.14. The third-order valence-corrected chi connectivity index (χ3v) is 5.61. The Morgan fingerprint density at radius 1 is 1.36 bits per heavy atom. The molecular formula is C22H22FN3O2. The number of carbonyl (C=O) groups excluding carboxylic acids is 2. The highest BCUT2D eigenvalue weighted by Gasteiger charge is 2.28. The molecule has 0 fully saturated rings. The first-order chi connectivity index (χ1) is 13.5. The molecule has 4 rings (SSSR count). The number of primary amides is 1. The molecule has 2 amide bonds. The number of H-pyrrole nitrogens is 1. The summed E-state index contributed by atoms with van der Waals surface area (Å²) in [5.41, 5.74) is 9.83. The second kappa shape index (κ2) is 7.16. The Morgan fingerprint density at radius 2 is 2.18 bits per heavy atom. The smallest absolute Gasteiger partial charge is 0.296 e. The molecule has 0 saturated carbocycles. The number of hydrogen-bond donors (Lipinski definition) is 3. The van der Waals surface area contributed by atoms with E-state index < -0.39 is 11.7 Å². The average Bonchev–Trinajstić information content (AvgIpc) is 3.23. The van der Waals surface area contributed by atoms with E-state index in [1.165, 1.54) is 6.07 Å². The number of benzene rings is 1. The van der Waals surface area contributed by atoms with Gasteiger partial charge in [0.1, 0.15) is 5.82 Å². The van der Waals surface area contributed by atoms with Crippen molar-refractivity contribution in [1.82, 2.24) is 10.3 Å². The maximum atomic E-state index is 15.2. The minimum atomic E-state index is -0.642. The molecule has 2 aromatic rings. The van der Waals surface area contributed by atoms with Crippen LogP contribution in [0, 0.1) is 17.7 Å². The van der Waals surface area contributed by atoms with Gasteiger partial charge in [-0.15, -0.1) is 0 Å². The number of aromatic amines is 1. The second-order valence-corrected chi connectivity index (χ2v) is 7.39. The molecular weight excluding hydrogens is 357 g/mol. The Bertz CT molecular complexity index is 1080. The van der Waals surface area contributed by atoms with Crippen molar-refractivity contribution in [3.05, 3.63) is 40.3 Å². The van der Waals surface area contributed by atoms with Crippen molar-refractivity contribution in [2.75, 3.05) is 0 Å². The number of nitrogens with two attached hydrogens (primary N) is 1. The summed E-state index contributed by atoms with van der Waals surface area (Å²) >= 11 is 0. The lowest BCUT2D eigenvalue weighted by molar-refractivity contribution is -0.116. The van der Waals surface area contributed by atoms with E-state index in [0.29, 0.717) is 17.5 Å². The molecule has 5 nitrogen and oxygen atoms in total. The Balaban J connectivity index is 1.80. The predicted molar refractivity (Wildman–Crippen MR) is 106 cm³/mol. The average molecular weight is 379 g/mol. The maximum absolute atomic E-state index is 15.2. The number of aryl methyl sites for hydroxylation is 2. The van der Waals surface area contributed by atoms with Crippen molar-refractivity contribution in [3.63, 3.8) is 0 Å². The highest BCUT2D eigenvalue weighted by Crippen LogP contribution is 2.40. The van der Waals surface area contributed by atoms with E-state index in [4.69, 9.17) is 5.73 Å². The molecule has 0 radical (unpaired) electrons. The lowest BCUT2D eigenvalue weighted by Gasteiger charge is -2.24. The lowest BCUT2D eigenvalue weighted by Crippen LogP contribution is -2.35. The summed E-state index contributed by atoms with van der Waals surface area (Å²) in [6.07, 6.45) is 6.83. The zero-order chi connectivity index (χ0) is 19.8. The van der Waals surface area contributed by atoms with Crippen LogP contribution in [0.3, 0.4) is 0 Å². The Hall–Kier alpha value is -3.07. The van der Waals surface area contributed by atoms with Crippen molar-refractivity contribution in [2.45, 2.75) is 51.5 Å². The molecule has 2 aliphatic carbocycles. The van der Waals surface area contributed by atoms with Gasteiger partial charge in [-0.05, 0) is 68.6 Å². The SMILES string of the molecule is CC#CC(=O)NC1CCC=C(c2c(F)cc(C(N)=O)c3[nH]c4c(c23)CCC4)C1. The molecule has 1 heterocycles. The number of carbonyl (C=O) groups is 2. The molecule has 0 aliphatic heterocycles. The fraction of sp³-hybridized carbons (Fsp3) is 0.364. The summed E-state index contributed by atoms with van der Waals surface area (Å²) in [5, 5.41) is 3.68. The van der Waals surface area contributed by atoms with Crippen LogP contribution < -0.4 is 11.1 Å². The second-order valence-electron chi connectivity index (χ2n) is 7.39. The van der Waals surface area contributed by atoms with Crippen LogP contribution in [0.2, 0.25) is 0 Å². The summed E-state index contributed by atoms with van der Waals surface area (Å²) in [5.74, 6) is 3.68. The van der Waals surface area contributed by atoms with Gasteiger partial charge in [0.05, 0.1) is 11.1 Å². The van der Waals surface area contributed by atoms with Crippen molar-refractivity contribution in [2.24, 2.45) is 5.73 Å². The molecule has 1 atom stereocenters. The molecule has 1 unspecified atom stereocenters. The Kier molecular flexibility index (Phi) is 4.68. The van der Waals surface area contributed by atoms with Gasteiger partial charge in [0, 0.05) is 22.7 Å².